The molecular formula is C18H12ClN3O. The van der Waals surface area contributed by atoms with Gasteiger partial charge < -0.3 is 0 Å². The second kappa shape index (κ2) is 6.47. The molecule has 3 aromatic rings. The molecule has 23 heavy (non-hydrogen) atoms. The van der Waals surface area contributed by atoms with Crippen LogP contribution in [-0.2, 0) is 6.54 Å². The SMILES string of the molecule is N#Cc1cccc(Cn2nc(-c3cccc(Cl)c3)ccc2=O)c1. The van der Waals surface area contributed by atoms with Crippen molar-refractivity contribution in [1.82, 2.24) is 9.78 Å². The molecule has 4 nitrogen and oxygen atoms in total. The highest BCUT2D eigenvalue weighted by Crippen LogP contribution is 2.19. The number of benzene rings is 2. The van der Waals surface area contributed by atoms with Crippen LogP contribution in [0.5, 0.6) is 0 Å². The lowest BCUT2D eigenvalue weighted by Crippen LogP contribution is -2.22. The minimum Gasteiger partial charge on any atom is -0.268 e. The molecule has 0 aliphatic carbocycles. The first-order chi connectivity index (χ1) is 11.2. The molecule has 0 saturated heterocycles. The van der Waals surface area contributed by atoms with E-state index in [1.165, 1.54) is 10.7 Å². The highest BCUT2D eigenvalue weighted by atomic mass is 35.5. The number of halogens is 1. The van der Waals surface area contributed by atoms with Gasteiger partial charge in [0.15, 0.2) is 0 Å². The van der Waals surface area contributed by atoms with Crippen molar-refractivity contribution in [1.29, 1.82) is 5.26 Å². The quantitative estimate of drug-likeness (QED) is 0.742. The minimum atomic E-state index is -0.196. The van der Waals surface area contributed by atoms with Gasteiger partial charge in [0.2, 0.25) is 0 Å². The largest absolute Gasteiger partial charge is 0.268 e. The van der Waals surface area contributed by atoms with E-state index in [9.17, 15) is 4.79 Å². The van der Waals surface area contributed by atoms with Crippen LogP contribution in [0.4, 0.5) is 0 Å². The van der Waals surface area contributed by atoms with Crippen molar-refractivity contribution in [2.45, 2.75) is 6.54 Å². The molecule has 0 N–H and O–H groups in total. The maximum Gasteiger partial charge on any atom is 0.267 e. The second-order valence-corrected chi connectivity index (χ2v) is 5.47. The number of nitriles is 1. The monoisotopic (exact) mass is 321 g/mol. The van der Waals surface area contributed by atoms with E-state index in [1.807, 2.05) is 18.2 Å². The summed E-state index contributed by atoms with van der Waals surface area (Å²) in [5.74, 6) is 0. The molecule has 0 bridgehead atoms. The third-order valence-electron chi connectivity index (χ3n) is 3.38. The van der Waals surface area contributed by atoms with Crippen LogP contribution >= 0.6 is 11.6 Å². The maximum absolute atomic E-state index is 12.0. The summed E-state index contributed by atoms with van der Waals surface area (Å²) in [5.41, 5.74) is 2.72. The Morgan fingerprint density at radius 1 is 1.09 bits per heavy atom. The van der Waals surface area contributed by atoms with Crippen molar-refractivity contribution in [2.24, 2.45) is 0 Å². The van der Waals surface area contributed by atoms with Gasteiger partial charge in [-0.2, -0.15) is 10.4 Å². The second-order valence-electron chi connectivity index (χ2n) is 5.04. The molecule has 0 unspecified atom stereocenters. The first-order valence-corrected chi connectivity index (χ1v) is 7.37. The third-order valence-corrected chi connectivity index (χ3v) is 3.61. The van der Waals surface area contributed by atoms with E-state index >= 15 is 0 Å². The van der Waals surface area contributed by atoms with Gasteiger partial charge in [0.1, 0.15) is 0 Å². The van der Waals surface area contributed by atoms with E-state index in [2.05, 4.69) is 11.2 Å². The molecule has 0 amide bonds. The van der Waals surface area contributed by atoms with Crippen molar-refractivity contribution in [3.63, 3.8) is 0 Å². The van der Waals surface area contributed by atoms with E-state index < -0.39 is 0 Å². The molecule has 1 heterocycles. The van der Waals surface area contributed by atoms with Gasteiger partial charge in [0.05, 0.1) is 23.9 Å². The molecule has 2 aromatic carbocycles. The van der Waals surface area contributed by atoms with E-state index in [4.69, 9.17) is 16.9 Å². The highest BCUT2D eigenvalue weighted by molar-refractivity contribution is 6.30. The fourth-order valence-electron chi connectivity index (χ4n) is 2.28. The van der Waals surface area contributed by atoms with Crippen LogP contribution in [0.2, 0.25) is 5.02 Å². The Morgan fingerprint density at radius 2 is 1.91 bits per heavy atom. The summed E-state index contributed by atoms with van der Waals surface area (Å²) >= 11 is 6.00. The normalized spacial score (nSPS) is 10.3. The van der Waals surface area contributed by atoms with E-state index in [0.717, 1.165) is 11.1 Å². The molecule has 0 radical (unpaired) electrons. The molecule has 0 aliphatic rings. The average Bonchev–Trinajstić information content (AvgIpc) is 2.57. The number of aromatic nitrogens is 2. The Hall–Kier alpha value is -2.90. The highest BCUT2D eigenvalue weighted by Gasteiger charge is 2.05. The van der Waals surface area contributed by atoms with Gasteiger partial charge in [0, 0.05) is 16.7 Å². The van der Waals surface area contributed by atoms with E-state index in [0.29, 0.717) is 22.8 Å². The Morgan fingerprint density at radius 3 is 2.70 bits per heavy atom. The first-order valence-electron chi connectivity index (χ1n) is 6.99. The van der Waals surface area contributed by atoms with Crippen molar-refractivity contribution in [3.05, 3.63) is 87.2 Å². The van der Waals surface area contributed by atoms with Crippen LogP contribution in [0.3, 0.4) is 0 Å². The van der Waals surface area contributed by atoms with Gasteiger partial charge >= 0.3 is 0 Å². The summed E-state index contributed by atoms with van der Waals surface area (Å²) in [6.07, 6.45) is 0. The van der Waals surface area contributed by atoms with E-state index in [1.54, 1.807) is 36.4 Å². The molecule has 0 saturated carbocycles. The molecule has 3 rings (SSSR count). The smallest absolute Gasteiger partial charge is 0.267 e. The zero-order valence-corrected chi connectivity index (χ0v) is 12.9. The Balaban J connectivity index is 1.98. The summed E-state index contributed by atoms with van der Waals surface area (Å²) in [6.45, 7) is 0.308. The Bertz CT molecular complexity index is 957. The van der Waals surface area contributed by atoms with Gasteiger partial charge in [0.25, 0.3) is 5.56 Å². The van der Waals surface area contributed by atoms with Crippen LogP contribution in [0, 0.1) is 11.3 Å². The number of nitrogens with zero attached hydrogens (tertiary/aromatic N) is 3. The van der Waals surface area contributed by atoms with Crippen LogP contribution in [0.25, 0.3) is 11.3 Å². The van der Waals surface area contributed by atoms with Gasteiger partial charge in [-0.1, -0.05) is 35.9 Å². The summed E-state index contributed by atoms with van der Waals surface area (Å²) < 4.78 is 1.38. The predicted molar refractivity (Wildman–Crippen MR) is 89.2 cm³/mol. The minimum absolute atomic E-state index is 0.196. The van der Waals surface area contributed by atoms with Crippen LogP contribution in [0.1, 0.15) is 11.1 Å². The predicted octanol–water partition coefficient (Wildman–Crippen LogP) is 3.48. The van der Waals surface area contributed by atoms with Crippen molar-refractivity contribution < 1.29 is 0 Å². The molecule has 1 aromatic heterocycles. The molecule has 5 heteroatoms. The maximum atomic E-state index is 12.0. The van der Waals surface area contributed by atoms with E-state index in [-0.39, 0.29) is 5.56 Å². The fraction of sp³-hybridized carbons (Fsp3) is 0.0556. The summed E-state index contributed by atoms with van der Waals surface area (Å²) in [7, 11) is 0. The standard InChI is InChI=1S/C18H12ClN3O/c19-16-6-2-5-15(10-16)17-7-8-18(23)22(21-17)12-14-4-1-3-13(9-14)11-20/h1-10H,12H2. The lowest BCUT2D eigenvalue weighted by atomic mass is 10.1. The van der Waals surface area contributed by atoms with Crippen molar-refractivity contribution in [3.8, 4) is 17.3 Å². The van der Waals surface area contributed by atoms with Crippen LogP contribution < -0.4 is 5.56 Å². The lowest BCUT2D eigenvalue weighted by molar-refractivity contribution is 0.642. The molecule has 0 spiro atoms. The van der Waals surface area contributed by atoms with Crippen molar-refractivity contribution >= 4 is 11.6 Å². The first kappa shape index (κ1) is 15.0. The van der Waals surface area contributed by atoms with Gasteiger partial charge in [-0.15, -0.1) is 0 Å². The number of hydrogen-bond acceptors (Lipinski definition) is 3. The van der Waals surface area contributed by atoms with Crippen LogP contribution in [-0.4, -0.2) is 9.78 Å². The number of hydrogen-bond donors (Lipinski definition) is 0. The van der Waals surface area contributed by atoms with Crippen LogP contribution in [0.15, 0.2) is 65.5 Å². The third kappa shape index (κ3) is 3.47. The molecule has 0 atom stereocenters. The average molecular weight is 322 g/mol. The fourth-order valence-corrected chi connectivity index (χ4v) is 2.47. The van der Waals surface area contributed by atoms with Gasteiger partial charge in [-0.05, 0) is 35.9 Å². The summed E-state index contributed by atoms with van der Waals surface area (Å²) in [6, 6.07) is 19.7. The molecular weight excluding hydrogens is 310 g/mol. The zero-order chi connectivity index (χ0) is 16.2. The summed E-state index contributed by atoms with van der Waals surface area (Å²) in [5, 5.41) is 14.0. The topological polar surface area (TPSA) is 58.7 Å². The number of rotatable bonds is 3. The molecule has 0 fully saturated rings. The Kier molecular flexibility index (Phi) is 4.22. The molecule has 0 aliphatic heterocycles. The Labute approximate surface area is 138 Å². The zero-order valence-electron chi connectivity index (χ0n) is 12.1. The van der Waals surface area contributed by atoms with Gasteiger partial charge in [-0.3, -0.25) is 4.79 Å². The van der Waals surface area contributed by atoms with Crippen molar-refractivity contribution in [2.75, 3.05) is 0 Å². The summed E-state index contributed by atoms with van der Waals surface area (Å²) in [4.78, 5) is 12.0. The lowest BCUT2D eigenvalue weighted by Gasteiger charge is -2.08. The molecule has 112 valence electrons. The van der Waals surface area contributed by atoms with Gasteiger partial charge in [-0.25, -0.2) is 4.68 Å².